The summed E-state index contributed by atoms with van der Waals surface area (Å²) in [5, 5.41) is 3.57. The molecule has 4 heteroatoms. The molecule has 0 spiro atoms. The second-order valence-electron chi connectivity index (χ2n) is 4.54. The van der Waals surface area contributed by atoms with Crippen LogP contribution in [0.5, 0.6) is 0 Å². The third kappa shape index (κ3) is 3.78. The Labute approximate surface area is 119 Å². The molecule has 1 aliphatic rings. The minimum atomic E-state index is 0.514. The molecule has 2 rings (SSSR count). The number of ether oxygens (including phenoxy) is 1. The second-order valence-corrected chi connectivity index (χ2v) is 6.25. The van der Waals surface area contributed by atoms with Crippen LogP contribution in [0.2, 0.25) is 0 Å². The molecule has 1 aliphatic heterocycles. The van der Waals surface area contributed by atoms with Gasteiger partial charge in [0.15, 0.2) is 0 Å². The van der Waals surface area contributed by atoms with Crippen molar-refractivity contribution in [2.24, 2.45) is 5.92 Å². The third-order valence-corrected chi connectivity index (χ3v) is 5.16. The van der Waals surface area contributed by atoms with E-state index in [1.165, 1.54) is 12.0 Å². The number of halogens is 2. The molecule has 1 fully saturated rings. The predicted octanol–water partition coefficient (Wildman–Crippen LogP) is 3.73. The van der Waals surface area contributed by atoms with E-state index in [2.05, 4.69) is 62.3 Å². The first-order valence-corrected chi connectivity index (χ1v) is 7.50. The molecule has 0 aromatic heterocycles. The quantitative estimate of drug-likeness (QED) is 0.881. The highest BCUT2D eigenvalue weighted by Gasteiger charge is 2.21. The van der Waals surface area contributed by atoms with Gasteiger partial charge in [-0.25, -0.2) is 0 Å². The standard InChI is InChI=1S/C13H17Br2NO/c1-9(11-4-5-17-8-11)16-7-10-2-3-12(14)13(15)6-10/h2-3,6,9,11,16H,4-5,7-8H2,1H3. The van der Waals surface area contributed by atoms with E-state index in [-0.39, 0.29) is 0 Å². The Bertz CT molecular complexity index is 378. The summed E-state index contributed by atoms with van der Waals surface area (Å²) in [7, 11) is 0. The lowest BCUT2D eigenvalue weighted by molar-refractivity contribution is 0.178. The van der Waals surface area contributed by atoms with Crippen LogP contribution >= 0.6 is 31.9 Å². The molecule has 0 bridgehead atoms. The molecule has 94 valence electrons. The number of nitrogens with one attached hydrogen (secondary N) is 1. The van der Waals surface area contributed by atoms with Crippen LogP contribution < -0.4 is 5.32 Å². The molecule has 17 heavy (non-hydrogen) atoms. The summed E-state index contributed by atoms with van der Waals surface area (Å²) in [5.41, 5.74) is 1.30. The highest BCUT2D eigenvalue weighted by molar-refractivity contribution is 9.13. The first-order valence-electron chi connectivity index (χ1n) is 5.92. The van der Waals surface area contributed by atoms with Crippen LogP contribution in [0.15, 0.2) is 27.1 Å². The Hall–Kier alpha value is 0.1000. The average molecular weight is 363 g/mol. The fourth-order valence-corrected chi connectivity index (χ4v) is 2.72. The lowest BCUT2D eigenvalue weighted by atomic mass is 10.0. The first kappa shape index (κ1) is 13.5. The van der Waals surface area contributed by atoms with Crippen LogP contribution in [0.25, 0.3) is 0 Å². The number of hydrogen-bond acceptors (Lipinski definition) is 2. The number of hydrogen-bond donors (Lipinski definition) is 1. The van der Waals surface area contributed by atoms with E-state index >= 15 is 0 Å². The number of benzene rings is 1. The monoisotopic (exact) mass is 361 g/mol. The van der Waals surface area contributed by atoms with Gasteiger partial charge in [0.05, 0.1) is 6.61 Å². The van der Waals surface area contributed by atoms with Crippen LogP contribution in [0.4, 0.5) is 0 Å². The first-order chi connectivity index (χ1) is 8.16. The molecular formula is C13H17Br2NO. The van der Waals surface area contributed by atoms with Crippen LogP contribution in [0.1, 0.15) is 18.9 Å². The average Bonchev–Trinajstić information content (AvgIpc) is 2.84. The van der Waals surface area contributed by atoms with Crippen molar-refractivity contribution < 1.29 is 4.74 Å². The van der Waals surface area contributed by atoms with E-state index in [1.54, 1.807) is 0 Å². The van der Waals surface area contributed by atoms with Crippen molar-refractivity contribution in [2.45, 2.75) is 25.9 Å². The van der Waals surface area contributed by atoms with Gasteiger partial charge in [0.25, 0.3) is 0 Å². The Morgan fingerprint density at radius 1 is 1.41 bits per heavy atom. The van der Waals surface area contributed by atoms with Crippen LogP contribution in [0.3, 0.4) is 0 Å². The fraction of sp³-hybridized carbons (Fsp3) is 0.538. The summed E-state index contributed by atoms with van der Waals surface area (Å²) < 4.78 is 7.61. The SMILES string of the molecule is CC(NCc1ccc(Br)c(Br)c1)C1CCOC1. The lowest BCUT2D eigenvalue weighted by Gasteiger charge is -2.19. The van der Waals surface area contributed by atoms with Gasteiger partial charge in [-0.1, -0.05) is 6.07 Å². The maximum atomic E-state index is 5.41. The highest BCUT2D eigenvalue weighted by Crippen LogP contribution is 2.24. The van der Waals surface area contributed by atoms with Gasteiger partial charge in [0.1, 0.15) is 0 Å². The Morgan fingerprint density at radius 3 is 2.88 bits per heavy atom. The summed E-state index contributed by atoms with van der Waals surface area (Å²) in [5.74, 6) is 0.661. The Morgan fingerprint density at radius 2 is 2.24 bits per heavy atom. The molecule has 0 aliphatic carbocycles. The number of rotatable bonds is 4. The van der Waals surface area contributed by atoms with Gasteiger partial charge in [0, 0.05) is 28.1 Å². The van der Waals surface area contributed by atoms with Gasteiger partial charge < -0.3 is 10.1 Å². The van der Waals surface area contributed by atoms with Crippen molar-refractivity contribution in [3.8, 4) is 0 Å². The topological polar surface area (TPSA) is 21.3 Å². The van der Waals surface area contributed by atoms with Crippen molar-refractivity contribution in [2.75, 3.05) is 13.2 Å². The third-order valence-electron chi connectivity index (χ3n) is 3.28. The second kappa shape index (κ2) is 6.32. The van der Waals surface area contributed by atoms with Gasteiger partial charge in [-0.05, 0) is 68.8 Å². The van der Waals surface area contributed by atoms with Crippen molar-refractivity contribution in [1.29, 1.82) is 0 Å². The van der Waals surface area contributed by atoms with Gasteiger partial charge in [-0.2, -0.15) is 0 Å². The van der Waals surface area contributed by atoms with Gasteiger partial charge in [-0.15, -0.1) is 0 Å². The zero-order valence-electron chi connectivity index (χ0n) is 9.88. The van der Waals surface area contributed by atoms with Crippen molar-refractivity contribution in [3.05, 3.63) is 32.7 Å². The van der Waals surface area contributed by atoms with E-state index in [9.17, 15) is 0 Å². The maximum absolute atomic E-state index is 5.41. The van der Waals surface area contributed by atoms with E-state index < -0.39 is 0 Å². The molecule has 0 radical (unpaired) electrons. The zero-order valence-corrected chi connectivity index (χ0v) is 13.1. The van der Waals surface area contributed by atoms with Gasteiger partial charge in [0.2, 0.25) is 0 Å². The molecule has 1 aromatic carbocycles. The molecule has 1 aromatic rings. The summed E-state index contributed by atoms with van der Waals surface area (Å²) >= 11 is 7.00. The molecule has 0 amide bonds. The zero-order chi connectivity index (χ0) is 12.3. The molecular weight excluding hydrogens is 346 g/mol. The summed E-state index contributed by atoms with van der Waals surface area (Å²) in [6.45, 7) is 4.97. The van der Waals surface area contributed by atoms with E-state index in [0.29, 0.717) is 12.0 Å². The molecule has 2 atom stereocenters. The van der Waals surface area contributed by atoms with Crippen LogP contribution in [-0.4, -0.2) is 19.3 Å². The van der Waals surface area contributed by atoms with Crippen molar-refractivity contribution in [3.63, 3.8) is 0 Å². The molecule has 0 saturated carbocycles. The van der Waals surface area contributed by atoms with Gasteiger partial charge >= 0.3 is 0 Å². The Balaban J connectivity index is 1.86. The van der Waals surface area contributed by atoms with Gasteiger partial charge in [-0.3, -0.25) is 0 Å². The van der Waals surface area contributed by atoms with E-state index in [1.807, 2.05) is 0 Å². The van der Waals surface area contributed by atoms with Crippen molar-refractivity contribution >= 4 is 31.9 Å². The van der Waals surface area contributed by atoms with Crippen LogP contribution in [-0.2, 0) is 11.3 Å². The largest absolute Gasteiger partial charge is 0.381 e. The van der Waals surface area contributed by atoms with Crippen LogP contribution in [0, 0.1) is 5.92 Å². The van der Waals surface area contributed by atoms with Crippen molar-refractivity contribution in [1.82, 2.24) is 5.32 Å². The van der Waals surface area contributed by atoms with E-state index in [0.717, 1.165) is 28.7 Å². The molecule has 1 N–H and O–H groups in total. The highest BCUT2D eigenvalue weighted by atomic mass is 79.9. The minimum Gasteiger partial charge on any atom is -0.381 e. The normalized spacial score (nSPS) is 21.7. The molecule has 1 heterocycles. The minimum absolute atomic E-state index is 0.514. The maximum Gasteiger partial charge on any atom is 0.0509 e. The molecule has 1 saturated heterocycles. The molecule has 2 unspecified atom stereocenters. The smallest absolute Gasteiger partial charge is 0.0509 e. The summed E-state index contributed by atoms with van der Waals surface area (Å²) in [6, 6.07) is 6.87. The lowest BCUT2D eigenvalue weighted by Crippen LogP contribution is -2.33. The predicted molar refractivity (Wildman–Crippen MR) is 77.1 cm³/mol. The molecule has 2 nitrogen and oxygen atoms in total. The van der Waals surface area contributed by atoms with E-state index in [4.69, 9.17) is 4.74 Å². The fourth-order valence-electron chi connectivity index (χ4n) is 2.04. The Kier molecular flexibility index (Phi) is 5.03. The summed E-state index contributed by atoms with van der Waals surface area (Å²) in [6.07, 6.45) is 1.18. The summed E-state index contributed by atoms with van der Waals surface area (Å²) in [4.78, 5) is 0.